The van der Waals surface area contributed by atoms with Crippen molar-refractivity contribution >= 4 is 29.2 Å². The van der Waals surface area contributed by atoms with Crippen molar-refractivity contribution in [2.75, 3.05) is 0 Å². The molecule has 0 aliphatic rings. The van der Waals surface area contributed by atoms with Crippen molar-refractivity contribution in [3.05, 3.63) is 27.8 Å². The lowest BCUT2D eigenvalue weighted by Crippen LogP contribution is -2.03. The molecule has 0 saturated carbocycles. The summed E-state index contributed by atoms with van der Waals surface area (Å²) in [5.74, 6) is -2.65. The van der Waals surface area contributed by atoms with E-state index in [0.29, 0.717) is 0 Å². The van der Waals surface area contributed by atoms with E-state index in [2.05, 4.69) is 4.98 Å². The molecule has 0 spiro atoms. The highest BCUT2D eigenvalue weighted by Crippen LogP contribution is 2.21. The molecule has 0 saturated heterocycles. The number of pyridine rings is 1. The van der Waals surface area contributed by atoms with Gasteiger partial charge in [0.1, 0.15) is 10.7 Å². The van der Waals surface area contributed by atoms with Gasteiger partial charge in [0.25, 0.3) is 0 Å². The Kier molecular flexibility index (Phi) is 2.49. The summed E-state index contributed by atoms with van der Waals surface area (Å²) in [5.41, 5.74) is -0.666. The number of hydrogen-bond acceptors (Lipinski definition) is 2. The summed E-state index contributed by atoms with van der Waals surface area (Å²) < 4.78 is 12.7. The normalized spacial score (nSPS) is 9.92. The molecule has 0 unspecified atom stereocenters. The van der Waals surface area contributed by atoms with Crippen LogP contribution in [0, 0.1) is 5.95 Å². The summed E-state index contributed by atoms with van der Waals surface area (Å²) in [5, 5.41) is 7.99. The molecule has 0 radical (unpaired) electrons. The Labute approximate surface area is 76.7 Å². The average molecular weight is 210 g/mol. The minimum Gasteiger partial charge on any atom is -0.477 e. The van der Waals surface area contributed by atoms with Gasteiger partial charge in [0.05, 0.1) is 5.02 Å². The van der Waals surface area contributed by atoms with E-state index >= 15 is 0 Å². The maximum Gasteiger partial charge on any atom is 0.341 e. The van der Waals surface area contributed by atoms with Gasteiger partial charge in [-0.15, -0.1) is 0 Å². The summed E-state index contributed by atoms with van der Waals surface area (Å²) in [4.78, 5) is 13.4. The second-order valence-corrected chi connectivity index (χ2v) is 2.69. The van der Waals surface area contributed by atoms with E-state index in [1.807, 2.05) is 0 Å². The van der Waals surface area contributed by atoms with Crippen molar-refractivity contribution in [1.82, 2.24) is 4.98 Å². The van der Waals surface area contributed by atoms with Gasteiger partial charge in [-0.25, -0.2) is 9.78 Å². The fraction of sp³-hybridized carbons (Fsp3) is 0. The minimum absolute atomic E-state index is 0.178. The van der Waals surface area contributed by atoms with Crippen LogP contribution in [0.4, 0.5) is 4.39 Å². The summed E-state index contributed by atoms with van der Waals surface area (Å²) >= 11 is 10.7. The predicted molar refractivity (Wildman–Crippen MR) is 41.2 cm³/mol. The molecule has 0 amide bonds. The van der Waals surface area contributed by atoms with E-state index in [0.717, 1.165) is 6.07 Å². The first kappa shape index (κ1) is 9.22. The average Bonchev–Trinajstić information content (AvgIpc) is 1.82. The lowest BCUT2D eigenvalue weighted by Gasteiger charge is -1.99. The largest absolute Gasteiger partial charge is 0.477 e. The zero-order chi connectivity index (χ0) is 9.30. The smallest absolute Gasteiger partial charge is 0.341 e. The van der Waals surface area contributed by atoms with E-state index in [1.54, 1.807) is 0 Å². The molecule has 1 aromatic heterocycles. The van der Waals surface area contributed by atoms with Crippen LogP contribution in [0.2, 0.25) is 10.2 Å². The van der Waals surface area contributed by atoms with Gasteiger partial charge >= 0.3 is 5.97 Å². The van der Waals surface area contributed by atoms with Gasteiger partial charge in [-0.05, 0) is 6.07 Å². The highest BCUT2D eigenvalue weighted by atomic mass is 35.5. The van der Waals surface area contributed by atoms with Crippen LogP contribution >= 0.6 is 23.2 Å². The van der Waals surface area contributed by atoms with Crippen molar-refractivity contribution in [3.8, 4) is 0 Å². The number of hydrogen-bond donors (Lipinski definition) is 1. The number of nitrogens with zero attached hydrogens (tertiary/aromatic N) is 1. The first-order valence-electron chi connectivity index (χ1n) is 2.77. The third kappa shape index (κ3) is 1.65. The van der Waals surface area contributed by atoms with Crippen LogP contribution in [0.15, 0.2) is 6.07 Å². The van der Waals surface area contributed by atoms with Crippen molar-refractivity contribution in [2.45, 2.75) is 0 Å². The Morgan fingerprint density at radius 3 is 2.58 bits per heavy atom. The molecule has 1 heterocycles. The second kappa shape index (κ2) is 3.25. The van der Waals surface area contributed by atoms with E-state index in [1.165, 1.54) is 0 Å². The Hall–Kier alpha value is -0.870. The molecule has 64 valence electrons. The summed E-state index contributed by atoms with van der Waals surface area (Å²) in [6, 6.07) is 1.07. The molecule has 3 nitrogen and oxygen atoms in total. The van der Waals surface area contributed by atoms with Gasteiger partial charge in [-0.1, -0.05) is 23.2 Å². The number of rotatable bonds is 1. The molecule has 0 bridgehead atoms. The fourth-order valence-electron chi connectivity index (χ4n) is 0.648. The number of aromatic carboxylic acids is 1. The number of carbonyl (C=O) groups is 1. The van der Waals surface area contributed by atoms with Gasteiger partial charge in [0.2, 0.25) is 5.95 Å². The van der Waals surface area contributed by atoms with Crippen LogP contribution in [0.25, 0.3) is 0 Å². The molecule has 1 N–H and O–H groups in total. The monoisotopic (exact) mass is 209 g/mol. The third-order valence-electron chi connectivity index (χ3n) is 1.11. The molecule has 0 aliphatic heterocycles. The molecular weight excluding hydrogens is 208 g/mol. The molecule has 0 aromatic carbocycles. The third-order valence-corrected chi connectivity index (χ3v) is 1.60. The number of halogens is 3. The quantitative estimate of drug-likeness (QED) is 0.723. The predicted octanol–water partition coefficient (Wildman–Crippen LogP) is 2.23. The molecule has 12 heavy (non-hydrogen) atoms. The van der Waals surface area contributed by atoms with Gasteiger partial charge in [-0.2, -0.15) is 4.39 Å². The highest BCUT2D eigenvalue weighted by Gasteiger charge is 2.16. The standard InChI is InChI=1S/C6H2Cl2FNO2/c7-2-1-3(8)10-5(9)4(2)6(11)12/h1H,(H,11,12). The Bertz CT molecular complexity index is 319. The molecule has 0 atom stereocenters. The van der Waals surface area contributed by atoms with Crippen LogP contribution in [-0.2, 0) is 0 Å². The van der Waals surface area contributed by atoms with Crippen molar-refractivity contribution in [1.29, 1.82) is 0 Å². The summed E-state index contributed by atoms with van der Waals surface area (Å²) in [7, 11) is 0. The maximum absolute atomic E-state index is 12.7. The number of aromatic nitrogens is 1. The van der Waals surface area contributed by atoms with E-state index in [4.69, 9.17) is 28.3 Å². The van der Waals surface area contributed by atoms with Crippen LogP contribution in [0.3, 0.4) is 0 Å². The summed E-state index contributed by atoms with van der Waals surface area (Å²) in [6.45, 7) is 0. The topological polar surface area (TPSA) is 50.2 Å². The zero-order valence-electron chi connectivity index (χ0n) is 5.51. The Morgan fingerprint density at radius 2 is 2.17 bits per heavy atom. The molecule has 0 fully saturated rings. The highest BCUT2D eigenvalue weighted by molar-refractivity contribution is 6.35. The SMILES string of the molecule is O=C(O)c1c(Cl)cc(Cl)nc1F. The first-order valence-corrected chi connectivity index (χ1v) is 3.53. The van der Waals surface area contributed by atoms with E-state index < -0.39 is 17.5 Å². The van der Waals surface area contributed by atoms with Crippen molar-refractivity contribution < 1.29 is 14.3 Å². The van der Waals surface area contributed by atoms with E-state index in [-0.39, 0.29) is 10.2 Å². The molecule has 1 aromatic rings. The van der Waals surface area contributed by atoms with Crippen molar-refractivity contribution in [2.24, 2.45) is 0 Å². The van der Waals surface area contributed by atoms with Crippen LogP contribution < -0.4 is 0 Å². The fourth-order valence-corrected chi connectivity index (χ4v) is 1.15. The number of carboxylic acid groups (broad SMARTS) is 1. The molecule has 0 aliphatic carbocycles. The van der Waals surface area contributed by atoms with Crippen LogP contribution in [0.5, 0.6) is 0 Å². The number of carboxylic acids is 1. The minimum atomic E-state index is -1.47. The zero-order valence-corrected chi connectivity index (χ0v) is 7.03. The molecule has 1 rings (SSSR count). The van der Waals surface area contributed by atoms with E-state index in [9.17, 15) is 9.18 Å². The van der Waals surface area contributed by atoms with Gasteiger partial charge in [-0.3, -0.25) is 0 Å². The van der Waals surface area contributed by atoms with Crippen LogP contribution in [-0.4, -0.2) is 16.1 Å². The Morgan fingerprint density at radius 1 is 1.58 bits per heavy atom. The maximum atomic E-state index is 12.7. The lowest BCUT2D eigenvalue weighted by molar-refractivity contribution is 0.0691. The molecule has 6 heteroatoms. The lowest BCUT2D eigenvalue weighted by atomic mass is 10.3. The van der Waals surface area contributed by atoms with Gasteiger partial charge < -0.3 is 5.11 Å². The molecular formula is C6H2Cl2FNO2. The summed E-state index contributed by atoms with van der Waals surface area (Å²) in [6.07, 6.45) is 0. The second-order valence-electron chi connectivity index (χ2n) is 1.90. The first-order chi connectivity index (χ1) is 5.52. The van der Waals surface area contributed by atoms with Gasteiger partial charge in [0, 0.05) is 0 Å². The van der Waals surface area contributed by atoms with Gasteiger partial charge in [0.15, 0.2) is 0 Å². The van der Waals surface area contributed by atoms with Crippen molar-refractivity contribution in [3.63, 3.8) is 0 Å². The Balaban J connectivity index is 3.38. The van der Waals surface area contributed by atoms with Crippen LogP contribution in [0.1, 0.15) is 10.4 Å².